The molecule has 0 amide bonds. The fourth-order valence-corrected chi connectivity index (χ4v) is 4.10. The molecule has 5 heteroatoms. The minimum absolute atomic E-state index is 0.137. The van der Waals surface area contributed by atoms with E-state index < -0.39 is 14.6 Å². The molecule has 16 heavy (non-hydrogen) atoms. The third-order valence-electron chi connectivity index (χ3n) is 3.83. The van der Waals surface area contributed by atoms with E-state index in [1.54, 1.807) is 13.8 Å². The van der Waals surface area contributed by atoms with Gasteiger partial charge in [0.05, 0.1) is 22.7 Å². The summed E-state index contributed by atoms with van der Waals surface area (Å²) in [6, 6.07) is 0. The van der Waals surface area contributed by atoms with Crippen LogP contribution in [-0.2, 0) is 14.6 Å². The molecule has 2 aliphatic rings. The van der Waals surface area contributed by atoms with Crippen LogP contribution < -0.4 is 5.32 Å². The Hall–Kier alpha value is -0.130. The molecule has 0 aliphatic carbocycles. The number of piperidine rings is 1. The van der Waals surface area contributed by atoms with Gasteiger partial charge in [-0.25, -0.2) is 8.42 Å². The highest BCUT2D eigenvalue weighted by Gasteiger charge is 2.49. The van der Waals surface area contributed by atoms with Gasteiger partial charge in [-0.05, 0) is 39.7 Å². The molecule has 94 valence electrons. The van der Waals surface area contributed by atoms with Gasteiger partial charge in [-0.1, -0.05) is 0 Å². The van der Waals surface area contributed by atoms with Crippen LogP contribution in [-0.4, -0.2) is 44.2 Å². The van der Waals surface area contributed by atoms with Gasteiger partial charge < -0.3 is 10.1 Å². The summed E-state index contributed by atoms with van der Waals surface area (Å²) in [5, 5.41) is 3.28. The molecule has 0 aromatic heterocycles. The number of nitrogens with one attached hydrogen (secondary N) is 1. The minimum atomic E-state index is -2.97. The second-order valence-electron chi connectivity index (χ2n) is 5.30. The molecule has 0 bridgehead atoms. The largest absolute Gasteiger partial charge is 0.372 e. The molecule has 0 radical (unpaired) electrons. The monoisotopic (exact) mass is 247 g/mol. The van der Waals surface area contributed by atoms with Crippen molar-refractivity contribution in [2.24, 2.45) is 0 Å². The third-order valence-corrected chi connectivity index (χ3v) is 6.47. The highest BCUT2D eigenvalue weighted by atomic mass is 32.2. The Morgan fingerprint density at radius 1 is 1.31 bits per heavy atom. The SMILES string of the molecule is CC1(C)C(OC2CCCNC2)CCS1(=O)=O. The molecule has 2 atom stereocenters. The highest BCUT2D eigenvalue weighted by Crippen LogP contribution is 2.35. The molecule has 2 saturated heterocycles. The van der Waals surface area contributed by atoms with Gasteiger partial charge in [-0.3, -0.25) is 0 Å². The van der Waals surface area contributed by atoms with E-state index in [0.29, 0.717) is 6.42 Å². The summed E-state index contributed by atoms with van der Waals surface area (Å²) in [5.74, 6) is 0.269. The molecule has 0 aromatic carbocycles. The Morgan fingerprint density at radius 3 is 2.56 bits per heavy atom. The zero-order valence-electron chi connectivity index (χ0n) is 10.0. The molecular formula is C11H21NO3S. The smallest absolute Gasteiger partial charge is 0.158 e. The minimum Gasteiger partial charge on any atom is -0.372 e. The lowest BCUT2D eigenvalue weighted by Gasteiger charge is -2.32. The van der Waals surface area contributed by atoms with E-state index in [9.17, 15) is 8.42 Å². The maximum atomic E-state index is 11.8. The molecule has 1 N–H and O–H groups in total. The standard InChI is InChI=1S/C11H21NO3S/c1-11(2)10(5-7-16(11,13)14)15-9-4-3-6-12-8-9/h9-10,12H,3-8H2,1-2H3. The van der Waals surface area contributed by atoms with Gasteiger partial charge >= 0.3 is 0 Å². The maximum absolute atomic E-state index is 11.8. The molecule has 2 rings (SSSR count). The van der Waals surface area contributed by atoms with E-state index in [1.165, 1.54) is 0 Å². The van der Waals surface area contributed by atoms with Crippen LogP contribution in [0.4, 0.5) is 0 Å². The average molecular weight is 247 g/mol. The van der Waals surface area contributed by atoms with Crippen molar-refractivity contribution in [2.45, 2.75) is 50.1 Å². The van der Waals surface area contributed by atoms with Crippen LogP contribution in [0, 0.1) is 0 Å². The maximum Gasteiger partial charge on any atom is 0.158 e. The van der Waals surface area contributed by atoms with Crippen molar-refractivity contribution in [3.63, 3.8) is 0 Å². The lowest BCUT2D eigenvalue weighted by molar-refractivity contribution is -0.0341. The van der Waals surface area contributed by atoms with Crippen LogP contribution in [0.2, 0.25) is 0 Å². The number of ether oxygens (including phenoxy) is 1. The Kier molecular flexibility index (Phi) is 3.29. The van der Waals surface area contributed by atoms with Crippen LogP contribution in [0.3, 0.4) is 0 Å². The van der Waals surface area contributed by atoms with Gasteiger partial charge in [-0.15, -0.1) is 0 Å². The first-order chi connectivity index (χ1) is 7.43. The number of hydrogen-bond acceptors (Lipinski definition) is 4. The van der Waals surface area contributed by atoms with E-state index >= 15 is 0 Å². The molecule has 2 fully saturated rings. The zero-order valence-corrected chi connectivity index (χ0v) is 10.8. The van der Waals surface area contributed by atoms with Crippen molar-refractivity contribution in [2.75, 3.05) is 18.8 Å². The van der Waals surface area contributed by atoms with E-state index in [4.69, 9.17) is 4.74 Å². The summed E-state index contributed by atoms with van der Waals surface area (Å²) in [4.78, 5) is 0. The molecule has 0 aromatic rings. The van der Waals surface area contributed by atoms with E-state index in [0.717, 1.165) is 25.9 Å². The van der Waals surface area contributed by atoms with Crippen LogP contribution in [0.25, 0.3) is 0 Å². The van der Waals surface area contributed by atoms with E-state index in [2.05, 4.69) is 5.32 Å². The molecule has 2 aliphatic heterocycles. The molecule has 0 saturated carbocycles. The predicted octanol–water partition coefficient (Wildman–Crippen LogP) is 0.721. The van der Waals surface area contributed by atoms with Crippen LogP contribution in [0.5, 0.6) is 0 Å². The van der Waals surface area contributed by atoms with Gasteiger partial charge in [0.25, 0.3) is 0 Å². The quantitative estimate of drug-likeness (QED) is 0.781. The molecule has 2 heterocycles. The first-order valence-corrected chi connectivity index (χ1v) is 7.67. The van der Waals surface area contributed by atoms with Crippen molar-refractivity contribution in [3.8, 4) is 0 Å². The lowest BCUT2D eigenvalue weighted by Crippen LogP contribution is -2.44. The summed E-state index contributed by atoms with van der Waals surface area (Å²) in [6.07, 6.45) is 2.85. The molecule has 4 nitrogen and oxygen atoms in total. The Labute approximate surface area is 97.7 Å². The Balaban J connectivity index is 2.01. The second kappa shape index (κ2) is 4.27. The summed E-state index contributed by atoms with van der Waals surface area (Å²) >= 11 is 0. The van der Waals surface area contributed by atoms with Crippen LogP contribution >= 0.6 is 0 Å². The number of sulfone groups is 1. The van der Waals surface area contributed by atoms with Gasteiger partial charge in [-0.2, -0.15) is 0 Å². The highest BCUT2D eigenvalue weighted by molar-refractivity contribution is 7.93. The Morgan fingerprint density at radius 2 is 2.06 bits per heavy atom. The summed E-state index contributed by atoms with van der Waals surface area (Å²) in [6.45, 7) is 5.48. The van der Waals surface area contributed by atoms with Gasteiger partial charge in [0.1, 0.15) is 0 Å². The lowest BCUT2D eigenvalue weighted by atomic mass is 10.0. The fourth-order valence-electron chi connectivity index (χ4n) is 2.47. The predicted molar refractivity (Wildman–Crippen MR) is 63.2 cm³/mol. The first kappa shape index (κ1) is 12.3. The molecule has 0 spiro atoms. The number of hydrogen-bond donors (Lipinski definition) is 1. The fraction of sp³-hybridized carbons (Fsp3) is 1.00. The summed E-state index contributed by atoms with van der Waals surface area (Å²) in [5.41, 5.74) is 0. The van der Waals surface area contributed by atoms with Gasteiger partial charge in [0.15, 0.2) is 9.84 Å². The Bertz CT molecular complexity index is 344. The zero-order chi connectivity index (χ0) is 11.8. The van der Waals surface area contributed by atoms with Crippen molar-refractivity contribution in [1.29, 1.82) is 0 Å². The van der Waals surface area contributed by atoms with Gasteiger partial charge in [0.2, 0.25) is 0 Å². The summed E-state index contributed by atoms with van der Waals surface area (Å²) < 4.78 is 28.9. The molecule has 2 unspecified atom stereocenters. The third kappa shape index (κ3) is 2.13. The van der Waals surface area contributed by atoms with Crippen molar-refractivity contribution < 1.29 is 13.2 Å². The van der Waals surface area contributed by atoms with Crippen LogP contribution in [0.15, 0.2) is 0 Å². The van der Waals surface area contributed by atoms with Crippen molar-refractivity contribution in [3.05, 3.63) is 0 Å². The second-order valence-corrected chi connectivity index (χ2v) is 7.99. The topological polar surface area (TPSA) is 55.4 Å². The number of rotatable bonds is 2. The van der Waals surface area contributed by atoms with Crippen LogP contribution in [0.1, 0.15) is 33.1 Å². The van der Waals surface area contributed by atoms with Crippen molar-refractivity contribution in [1.82, 2.24) is 5.32 Å². The van der Waals surface area contributed by atoms with Crippen molar-refractivity contribution >= 4 is 9.84 Å². The van der Waals surface area contributed by atoms with E-state index in [-0.39, 0.29) is 18.0 Å². The van der Waals surface area contributed by atoms with Gasteiger partial charge in [0, 0.05) is 6.54 Å². The van der Waals surface area contributed by atoms with E-state index in [1.807, 2.05) is 0 Å². The average Bonchev–Trinajstić information content (AvgIpc) is 2.43. The first-order valence-electron chi connectivity index (χ1n) is 6.02. The summed E-state index contributed by atoms with van der Waals surface area (Å²) in [7, 11) is -2.97. The normalized spacial score (nSPS) is 37.4. The molecular weight excluding hydrogens is 226 g/mol.